The quantitative estimate of drug-likeness (QED) is 0.424. The zero-order valence-corrected chi connectivity index (χ0v) is 14.5. The molecule has 0 radical (unpaired) electrons. The summed E-state index contributed by atoms with van der Waals surface area (Å²) in [4.78, 5) is 0. The van der Waals surface area contributed by atoms with Crippen LogP contribution in [0.5, 0.6) is 5.75 Å². The maximum absolute atomic E-state index is 9.44. The van der Waals surface area contributed by atoms with Gasteiger partial charge in [0.05, 0.1) is 0 Å². The summed E-state index contributed by atoms with van der Waals surface area (Å²) >= 11 is 17.6. The van der Waals surface area contributed by atoms with E-state index in [9.17, 15) is 5.11 Å². The summed E-state index contributed by atoms with van der Waals surface area (Å²) in [5, 5.41) is 10.2. The number of aromatic hydroxyl groups is 1. The summed E-state index contributed by atoms with van der Waals surface area (Å²) in [7, 11) is 0. The fraction of sp³-hybridized carbons (Fsp3) is 0. The van der Waals surface area contributed by atoms with Crippen molar-refractivity contribution >= 4 is 44.4 Å². The molecule has 0 unspecified atom stereocenters. The molecule has 96 valence electrons. The Morgan fingerprint density at radius 1 is 0.889 bits per heavy atom. The van der Waals surface area contributed by atoms with Crippen LogP contribution < -0.4 is 26.4 Å². The first-order chi connectivity index (χ1) is 8.45. The minimum atomic E-state index is -2.81. The molecule has 2 aromatic carbocycles. The van der Waals surface area contributed by atoms with Gasteiger partial charge in [0.2, 0.25) is 0 Å². The van der Waals surface area contributed by atoms with E-state index in [1.807, 2.05) is 36.4 Å². The van der Waals surface area contributed by atoms with Crippen LogP contribution >= 0.6 is 33.2 Å². The Morgan fingerprint density at radius 3 is 2.11 bits per heavy atom. The first kappa shape index (κ1) is 14.5. The molecule has 0 heterocycles. The Morgan fingerprint density at radius 2 is 1.50 bits per heavy atom. The predicted molar refractivity (Wildman–Crippen MR) is 74.9 cm³/mol. The molecule has 0 atom stereocenters. The van der Waals surface area contributed by atoms with Gasteiger partial charge >= 0.3 is 132 Å². The second-order valence-electron chi connectivity index (χ2n) is 3.58. The molecule has 0 aliphatic rings. The average molecular weight is 431 g/mol. The molecule has 0 aromatic heterocycles. The van der Waals surface area contributed by atoms with Crippen molar-refractivity contribution in [3.05, 3.63) is 55.7 Å². The van der Waals surface area contributed by atoms with Gasteiger partial charge in [-0.05, 0) is 0 Å². The van der Waals surface area contributed by atoms with Gasteiger partial charge in [0, 0.05) is 0 Å². The number of benzene rings is 2. The molecular weight excluding hydrogens is 421 g/mol. The third-order valence-electron chi connectivity index (χ3n) is 2.18. The van der Waals surface area contributed by atoms with Crippen molar-refractivity contribution in [2.45, 2.75) is 0 Å². The Kier molecular flexibility index (Phi) is 4.83. The molecule has 0 fully saturated rings. The Bertz CT molecular complexity index is 557. The van der Waals surface area contributed by atoms with Crippen molar-refractivity contribution in [2.24, 2.45) is 0 Å². The van der Waals surface area contributed by atoms with Crippen LogP contribution in [0.15, 0.2) is 48.5 Å². The van der Waals surface area contributed by atoms with Gasteiger partial charge in [0.25, 0.3) is 0 Å². The molecule has 0 bridgehead atoms. The van der Waals surface area contributed by atoms with Crippen LogP contribution in [-0.2, 0) is 0 Å². The van der Waals surface area contributed by atoms with E-state index >= 15 is 0 Å². The van der Waals surface area contributed by atoms with E-state index in [2.05, 4.69) is 0 Å². The van der Waals surface area contributed by atoms with Gasteiger partial charge in [-0.1, -0.05) is 0 Å². The van der Waals surface area contributed by atoms with Gasteiger partial charge in [-0.25, -0.2) is 0 Å². The van der Waals surface area contributed by atoms with Gasteiger partial charge in [-0.2, -0.15) is 0 Å². The van der Waals surface area contributed by atoms with E-state index < -0.39 is 6.00 Å². The summed E-state index contributed by atoms with van der Waals surface area (Å²) in [6.45, 7) is 0. The van der Waals surface area contributed by atoms with Crippen molar-refractivity contribution in [2.75, 3.05) is 0 Å². The standard InChI is InChI=1S/C12H9Cl3IOSi/c13-18(14,15)12-6-2-4-10(8-12)16-9-3-1-5-11(17)7-9/h1-8,17H/q-1. The number of halogens is 4. The first-order valence-corrected chi connectivity index (χ1v) is 12.3. The molecule has 0 amide bonds. The van der Waals surface area contributed by atoms with Crippen molar-refractivity contribution in [1.29, 1.82) is 0 Å². The summed E-state index contributed by atoms with van der Waals surface area (Å²) in [6, 6.07) is 12.3. The second kappa shape index (κ2) is 6.01. The third-order valence-corrected chi connectivity index (χ3v) is 7.70. The fourth-order valence-corrected chi connectivity index (χ4v) is 5.80. The zero-order chi connectivity index (χ0) is 13.2. The van der Waals surface area contributed by atoms with E-state index in [1.54, 1.807) is 12.1 Å². The van der Waals surface area contributed by atoms with E-state index in [-0.39, 0.29) is 21.2 Å². The topological polar surface area (TPSA) is 20.2 Å². The van der Waals surface area contributed by atoms with Crippen molar-refractivity contribution in [1.82, 2.24) is 0 Å². The third kappa shape index (κ3) is 4.03. The number of hydrogen-bond donors (Lipinski definition) is 1. The minimum absolute atomic E-state index is 0.291. The van der Waals surface area contributed by atoms with Crippen LogP contribution in [0.2, 0.25) is 0 Å². The first-order valence-electron chi connectivity index (χ1n) is 5.06. The van der Waals surface area contributed by atoms with Crippen LogP contribution in [0.25, 0.3) is 0 Å². The molecule has 2 rings (SSSR count). The van der Waals surface area contributed by atoms with Gasteiger partial charge in [-0.15, -0.1) is 0 Å². The number of phenols is 1. The average Bonchev–Trinajstić information content (AvgIpc) is 2.28. The number of rotatable bonds is 3. The van der Waals surface area contributed by atoms with Gasteiger partial charge < -0.3 is 0 Å². The molecule has 0 saturated heterocycles. The molecule has 6 heteroatoms. The van der Waals surface area contributed by atoms with E-state index in [4.69, 9.17) is 33.2 Å². The maximum atomic E-state index is 9.44. The van der Waals surface area contributed by atoms with Gasteiger partial charge in [0.1, 0.15) is 0 Å². The fourth-order valence-electron chi connectivity index (χ4n) is 1.38. The molecule has 0 aliphatic heterocycles. The van der Waals surface area contributed by atoms with Crippen LogP contribution in [0.4, 0.5) is 0 Å². The second-order valence-corrected chi connectivity index (χ2v) is 15.0. The van der Waals surface area contributed by atoms with Crippen LogP contribution in [0.1, 0.15) is 0 Å². The van der Waals surface area contributed by atoms with Crippen molar-refractivity contribution in [3.8, 4) is 5.75 Å². The van der Waals surface area contributed by atoms with E-state index in [1.165, 1.54) is 3.57 Å². The Hall–Kier alpha value is 0.0569. The number of phenolic OH excluding ortho intramolecular Hbond substituents is 1. The molecule has 1 nitrogen and oxygen atoms in total. The molecule has 0 spiro atoms. The summed E-state index contributed by atoms with van der Waals surface area (Å²) in [5.74, 6) is 0.291. The van der Waals surface area contributed by atoms with Crippen LogP contribution in [0, 0.1) is 7.14 Å². The van der Waals surface area contributed by atoms with Gasteiger partial charge in [-0.3, -0.25) is 0 Å². The van der Waals surface area contributed by atoms with E-state index in [0.29, 0.717) is 5.75 Å². The summed E-state index contributed by atoms with van der Waals surface area (Å²) in [5.41, 5.74) is 0. The van der Waals surface area contributed by atoms with Crippen LogP contribution in [-0.4, -0.2) is 11.1 Å². The number of hydrogen-bond acceptors (Lipinski definition) is 1. The van der Waals surface area contributed by atoms with Crippen molar-refractivity contribution < 1.29 is 26.3 Å². The Balaban J connectivity index is 2.25. The monoisotopic (exact) mass is 429 g/mol. The molecule has 0 saturated carbocycles. The molecule has 18 heavy (non-hydrogen) atoms. The SMILES string of the molecule is Oc1cccc([I-]c2cccc([Si](Cl)(Cl)Cl)c2)c1. The van der Waals surface area contributed by atoms with Crippen molar-refractivity contribution in [3.63, 3.8) is 0 Å². The molecule has 1 N–H and O–H groups in total. The molecule has 0 aliphatic carbocycles. The molecular formula is C12H9Cl3IOSi-. The van der Waals surface area contributed by atoms with Gasteiger partial charge in [0.15, 0.2) is 0 Å². The summed E-state index contributed by atoms with van der Waals surface area (Å²) in [6.07, 6.45) is 0. The Labute approximate surface area is 131 Å². The molecule has 2 aromatic rings. The van der Waals surface area contributed by atoms with E-state index in [0.717, 1.165) is 8.76 Å². The summed E-state index contributed by atoms with van der Waals surface area (Å²) < 4.78 is 2.31. The normalized spacial score (nSPS) is 11.7. The van der Waals surface area contributed by atoms with Crippen LogP contribution in [0.3, 0.4) is 0 Å². The zero-order valence-electron chi connectivity index (χ0n) is 9.08. The predicted octanol–water partition coefficient (Wildman–Crippen LogP) is 0.383.